The lowest BCUT2D eigenvalue weighted by molar-refractivity contribution is 0.173. The van der Waals surface area contributed by atoms with Crippen LogP contribution in [-0.2, 0) is 0 Å². The van der Waals surface area contributed by atoms with Gasteiger partial charge in [-0.2, -0.15) is 0 Å². The van der Waals surface area contributed by atoms with E-state index < -0.39 is 0 Å². The Morgan fingerprint density at radius 2 is 1.68 bits per heavy atom. The van der Waals surface area contributed by atoms with E-state index in [0.29, 0.717) is 18.1 Å². The Morgan fingerprint density at radius 3 is 2.16 bits per heavy atom. The average Bonchev–Trinajstić information content (AvgIpc) is 2.53. The van der Waals surface area contributed by atoms with E-state index in [1.165, 1.54) is 32.5 Å². The van der Waals surface area contributed by atoms with Crippen LogP contribution in [0.4, 0.5) is 0 Å². The van der Waals surface area contributed by atoms with Crippen molar-refractivity contribution in [1.82, 2.24) is 20.4 Å². The fraction of sp³-hybridized carbons (Fsp3) is 0.950. The molecule has 5 heteroatoms. The third-order valence-corrected chi connectivity index (χ3v) is 4.99. The molecule has 2 N–H and O–H groups in total. The summed E-state index contributed by atoms with van der Waals surface area (Å²) >= 11 is 0. The highest BCUT2D eigenvalue weighted by Crippen LogP contribution is 2.12. The van der Waals surface area contributed by atoms with E-state index in [2.05, 4.69) is 67.0 Å². The molecule has 0 bridgehead atoms. The van der Waals surface area contributed by atoms with Gasteiger partial charge >= 0.3 is 0 Å². The van der Waals surface area contributed by atoms with E-state index in [-0.39, 0.29) is 0 Å². The van der Waals surface area contributed by atoms with Crippen molar-refractivity contribution in [2.75, 3.05) is 39.8 Å². The van der Waals surface area contributed by atoms with E-state index >= 15 is 0 Å². The summed E-state index contributed by atoms with van der Waals surface area (Å²) in [7, 11) is 1.87. The Kier molecular flexibility index (Phi) is 10.4. The van der Waals surface area contributed by atoms with Crippen molar-refractivity contribution < 1.29 is 0 Å². The molecular formula is C20H43N5. The molecule has 0 atom stereocenters. The van der Waals surface area contributed by atoms with Gasteiger partial charge in [-0.15, -0.1) is 0 Å². The fourth-order valence-electron chi connectivity index (χ4n) is 3.75. The van der Waals surface area contributed by atoms with Crippen molar-refractivity contribution >= 4 is 5.96 Å². The monoisotopic (exact) mass is 353 g/mol. The van der Waals surface area contributed by atoms with Crippen LogP contribution < -0.4 is 10.6 Å². The molecule has 0 aliphatic carbocycles. The number of nitrogens with zero attached hydrogens (tertiary/aromatic N) is 3. The molecule has 25 heavy (non-hydrogen) atoms. The number of hydrogen-bond acceptors (Lipinski definition) is 3. The van der Waals surface area contributed by atoms with Gasteiger partial charge in [-0.1, -0.05) is 13.8 Å². The van der Waals surface area contributed by atoms with E-state index in [0.717, 1.165) is 31.4 Å². The Hall–Kier alpha value is -0.810. The second-order valence-electron chi connectivity index (χ2n) is 8.39. The first-order valence-corrected chi connectivity index (χ1v) is 10.3. The van der Waals surface area contributed by atoms with E-state index in [9.17, 15) is 0 Å². The Labute approximate surface area is 156 Å². The van der Waals surface area contributed by atoms with Gasteiger partial charge in [0, 0.05) is 57.9 Å². The highest BCUT2D eigenvalue weighted by atomic mass is 15.2. The topological polar surface area (TPSA) is 42.9 Å². The number of nitrogens with one attached hydrogen (secondary N) is 2. The molecule has 0 aromatic carbocycles. The summed E-state index contributed by atoms with van der Waals surface area (Å²) < 4.78 is 0. The van der Waals surface area contributed by atoms with Crippen LogP contribution in [0.25, 0.3) is 0 Å². The minimum absolute atomic E-state index is 0.553. The second-order valence-corrected chi connectivity index (χ2v) is 8.39. The zero-order valence-electron chi connectivity index (χ0n) is 17.8. The lowest BCUT2D eigenvalue weighted by atomic mass is 10.0. The fourth-order valence-corrected chi connectivity index (χ4v) is 3.75. The van der Waals surface area contributed by atoms with Crippen LogP contribution in [0.2, 0.25) is 0 Å². The first kappa shape index (κ1) is 22.2. The molecule has 0 unspecified atom stereocenters. The van der Waals surface area contributed by atoms with Crippen LogP contribution in [0.3, 0.4) is 0 Å². The van der Waals surface area contributed by atoms with E-state index in [1.807, 2.05) is 7.05 Å². The molecule has 148 valence electrons. The molecule has 0 aromatic rings. The van der Waals surface area contributed by atoms with Gasteiger partial charge in [0.2, 0.25) is 0 Å². The first-order chi connectivity index (χ1) is 11.8. The van der Waals surface area contributed by atoms with Gasteiger partial charge in [-0.05, 0) is 52.9 Å². The molecule has 0 radical (unpaired) electrons. The Morgan fingerprint density at radius 1 is 1.08 bits per heavy atom. The van der Waals surface area contributed by atoms with Crippen LogP contribution in [0.5, 0.6) is 0 Å². The number of piperidine rings is 1. The Bertz CT molecular complexity index is 362. The predicted octanol–water partition coefficient (Wildman–Crippen LogP) is 2.78. The maximum atomic E-state index is 4.40. The third-order valence-electron chi connectivity index (χ3n) is 4.99. The minimum atomic E-state index is 0.553. The standard InChI is InChI=1S/C20H43N5/c1-16(2)15-24-13-9-19(10-14-24)23-20(21-7)22-11-8-12-25(17(3)4)18(5)6/h16-19H,8-15H2,1-7H3,(H2,21,22,23). The van der Waals surface area contributed by atoms with Gasteiger partial charge in [0.05, 0.1) is 0 Å². The predicted molar refractivity (Wildman–Crippen MR) is 110 cm³/mol. The lowest BCUT2D eigenvalue weighted by Gasteiger charge is -2.34. The van der Waals surface area contributed by atoms with Crippen molar-refractivity contribution in [2.45, 2.75) is 78.9 Å². The summed E-state index contributed by atoms with van der Waals surface area (Å²) in [6.07, 6.45) is 3.56. The quantitative estimate of drug-likeness (QED) is 0.380. The molecule has 0 amide bonds. The first-order valence-electron chi connectivity index (χ1n) is 10.3. The minimum Gasteiger partial charge on any atom is -0.356 e. The molecule has 1 saturated heterocycles. The molecule has 0 spiro atoms. The summed E-state index contributed by atoms with van der Waals surface area (Å²) in [6, 6.07) is 1.76. The Balaban J connectivity index is 2.25. The number of guanidine groups is 1. The van der Waals surface area contributed by atoms with Crippen molar-refractivity contribution in [3.05, 3.63) is 0 Å². The van der Waals surface area contributed by atoms with Gasteiger partial charge in [-0.25, -0.2) is 0 Å². The molecule has 0 aromatic heterocycles. The van der Waals surface area contributed by atoms with Gasteiger partial charge in [0.25, 0.3) is 0 Å². The number of rotatable bonds is 9. The maximum Gasteiger partial charge on any atom is 0.191 e. The van der Waals surface area contributed by atoms with Gasteiger partial charge in [-0.3, -0.25) is 9.89 Å². The normalized spacial score (nSPS) is 18.0. The number of aliphatic imine (C=N–C) groups is 1. The zero-order chi connectivity index (χ0) is 18.8. The highest BCUT2D eigenvalue weighted by Gasteiger charge is 2.20. The smallest absolute Gasteiger partial charge is 0.191 e. The van der Waals surface area contributed by atoms with Crippen LogP contribution >= 0.6 is 0 Å². The van der Waals surface area contributed by atoms with Gasteiger partial charge in [0.15, 0.2) is 5.96 Å². The summed E-state index contributed by atoms with van der Waals surface area (Å²) in [6.45, 7) is 19.4. The van der Waals surface area contributed by atoms with Crippen molar-refractivity contribution in [3.8, 4) is 0 Å². The van der Waals surface area contributed by atoms with Crippen molar-refractivity contribution in [1.29, 1.82) is 0 Å². The second kappa shape index (κ2) is 11.7. The number of likely N-dealkylation sites (tertiary alicyclic amines) is 1. The molecule has 1 rings (SSSR count). The van der Waals surface area contributed by atoms with Crippen molar-refractivity contribution in [3.63, 3.8) is 0 Å². The third kappa shape index (κ3) is 8.91. The van der Waals surface area contributed by atoms with E-state index in [4.69, 9.17) is 0 Å². The molecule has 5 nitrogen and oxygen atoms in total. The average molecular weight is 354 g/mol. The largest absolute Gasteiger partial charge is 0.356 e. The van der Waals surface area contributed by atoms with Gasteiger partial charge in [0.1, 0.15) is 0 Å². The maximum absolute atomic E-state index is 4.40. The van der Waals surface area contributed by atoms with Crippen LogP contribution in [-0.4, -0.2) is 73.7 Å². The SMILES string of the molecule is CN=C(NCCCN(C(C)C)C(C)C)NC1CCN(CC(C)C)CC1. The van der Waals surface area contributed by atoms with Gasteiger partial charge < -0.3 is 15.5 Å². The van der Waals surface area contributed by atoms with Crippen LogP contribution in [0.15, 0.2) is 4.99 Å². The molecular weight excluding hydrogens is 310 g/mol. The lowest BCUT2D eigenvalue weighted by Crippen LogP contribution is -2.49. The van der Waals surface area contributed by atoms with Crippen molar-refractivity contribution in [2.24, 2.45) is 10.9 Å². The summed E-state index contributed by atoms with van der Waals surface area (Å²) in [4.78, 5) is 9.54. The molecule has 1 aliphatic rings. The van der Waals surface area contributed by atoms with E-state index in [1.54, 1.807) is 0 Å². The zero-order valence-corrected chi connectivity index (χ0v) is 17.8. The van der Waals surface area contributed by atoms with Crippen LogP contribution in [0, 0.1) is 5.92 Å². The number of hydrogen-bond donors (Lipinski definition) is 2. The summed E-state index contributed by atoms with van der Waals surface area (Å²) in [5.74, 6) is 1.72. The molecule has 1 aliphatic heterocycles. The summed E-state index contributed by atoms with van der Waals surface area (Å²) in [5.41, 5.74) is 0. The molecule has 1 heterocycles. The highest BCUT2D eigenvalue weighted by molar-refractivity contribution is 5.79. The summed E-state index contributed by atoms with van der Waals surface area (Å²) in [5, 5.41) is 7.10. The molecule has 1 fully saturated rings. The van der Waals surface area contributed by atoms with Crippen LogP contribution in [0.1, 0.15) is 60.8 Å². The molecule has 0 saturated carbocycles.